The first-order valence-corrected chi connectivity index (χ1v) is 8.12. The highest BCUT2D eigenvalue weighted by Gasteiger charge is 2.18. The number of hydrogen-bond acceptors (Lipinski definition) is 6. The van der Waals surface area contributed by atoms with E-state index >= 15 is 0 Å². The second kappa shape index (κ2) is 6.21. The van der Waals surface area contributed by atoms with Crippen LogP contribution in [-0.2, 0) is 6.54 Å². The molecule has 4 aromatic rings. The number of aromatic amines is 1. The highest BCUT2D eigenvalue weighted by Crippen LogP contribution is 2.27. The first-order chi connectivity index (χ1) is 12.5. The van der Waals surface area contributed by atoms with Crippen LogP contribution in [0.25, 0.3) is 22.5 Å². The van der Waals surface area contributed by atoms with Gasteiger partial charge < -0.3 is 9.32 Å². The topological polar surface area (TPSA) is 83.7 Å². The predicted molar refractivity (Wildman–Crippen MR) is 95.2 cm³/mol. The summed E-state index contributed by atoms with van der Waals surface area (Å²) in [6.07, 6.45) is 1.76. The number of nitrogens with zero attached hydrogens (tertiary/aromatic N) is 5. The number of aromatic nitrogens is 5. The Balaban J connectivity index is 1.69. The van der Waals surface area contributed by atoms with Gasteiger partial charge in [0.1, 0.15) is 11.6 Å². The Hall–Kier alpha value is -3.29. The Bertz CT molecular complexity index is 1070. The van der Waals surface area contributed by atoms with Crippen molar-refractivity contribution < 1.29 is 8.81 Å². The van der Waals surface area contributed by atoms with Crippen molar-refractivity contribution in [3.63, 3.8) is 0 Å². The Labute approximate surface area is 148 Å². The molecule has 0 saturated heterocycles. The summed E-state index contributed by atoms with van der Waals surface area (Å²) in [6, 6.07) is 6.30. The van der Waals surface area contributed by atoms with Gasteiger partial charge in [0.2, 0.25) is 0 Å². The zero-order valence-electron chi connectivity index (χ0n) is 14.6. The molecule has 0 fully saturated rings. The number of halogens is 1. The van der Waals surface area contributed by atoms with Crippen molar-refractivity contribution in [3.05, 3.63) is 53.6 Å². The lowest BCUT2D eigenvalue weighted by atomic mass is 10.1. The van der Waals surface area contributed by atoms with E-state index in [0.29, 0.717) is 35.3 Å². The van der Waals surface area contributed by atoms with Gasteiger partial charge in [-0.1, -0.05) is 0 Å². The van der Waals surface area contributed by atoms with E-state index in [1.165, 1.54) is 12.1 Å². The average molecular weight is 352 g/mol. The summed E-state index contributed by atoms with van der Waals surface area (Å²) in [4.78, 5) is 15.2. The Morgan fingerprint density at radius 1 is 1.12 bits per heavy atom. The van der Waals surface area contributed by atoms with Gasteiger partial charge in [-0.2, -0.15) is 10.1 Å². The zero-order chi connectivity index (χ0) is 18.3. The number of rotatable bonds is 4. The molecule has 0 radical (unpaired) electrons. The number of fused-ring (bicyclic) bond motifs is 1. The van der Waals surface area contributed by atoms with E-state index in [-0.39, 0.29) is 5.82 Å². The van der Waals surface area contributed by atoms with Crippen molar-refractivity contribution >= 4 is 17.0 Å². The largest absolute Gasteiger partial charge is 0.422 e. The minimum absolute atomic E-state index is 0.271. The monoisotopic (exact) mass is 352 g/mol. The fourth-order valence-corrected chi connectivity index (χ4v) is 2.91. The smallest absolute Gasteiger partial charge is 0.252 e. The van der Waals surface area contributed by atoms with Crippen molar-refractivity contribution in [2.45, 2.75) is 20.4 Å². The van der Waals surface area contributed by atoms with Crippen LogP contribution in [0.1, 0.15) is 17.3 Å². The quantitative estimate of drug-likeness (QED) is 0.606. The van der Waals surface area contributed by atoms with E-state index < -0.39 is 0 Å². The Morgan fingerprint density at radius 3 is 2.65 bits per heavy atom. The summed E-state index contributed by atoms with van der Waals surface area (Å²) in [5, 5.41) is 7.12. The van der Waals surface area contributed by atoms with E-state index in [1.54, 1.807) is 25.3 Å². The molecule has 26 heavy (non-hydrogen) atoms. The average Bonchev–Trinajstić information content (AvgIpc) is 3.20. The van der Waals surface area contributed by atoms with Crippen molar-refractivity contribution in [3.8, 4) is 11.3 Å². The van der Waals surface area contributed by atoms with Crippen LogP contribution >= 0.6 is 0 Å². The fraction of sp³-hybridized carbons (Fsp3) is 0.222. The van der Waals surface area contributed by atoms with Crippen molar-refractivity contribution in [2.75, 3.05) is 11.9 Å². The fourth-order valence-electron chi connectivity index (χ4n) is 2.91. The molecule has 0 aliphatic heterocycles. The van der Waals surface area contributed by atoms with Gasteiger partial charge in [0, 0.05) is 31.6 Å². The van der Waals surface area contributed by atoms with Crippen LogP contribution in [0.3, 0.4) is 0 Å². The molecule has 0 amide bonds. The third kappa shape index (κ3) is 2.90. The molecule has 4 rings (SSSR count). The van der Waals surface area contributed by atoms with E-state index in [0.717, 1.165) is 16.8 Å². The molecule has 0 aliphatic carbocycles. The van der Waals surface area contributed by atoms with Crippen LogP contribution in [0.15, 0.2) is 34.9 Å². The third-order valence-corrected chi connectivity index (χ3v) is 4.08. The lowest BCUT2D eigenvalue weighted by Gasteiger charge is -2.18. The van der Waals surface area contributed by atoms with E-state index in [4.69, 9.17) is 4.42 Å². The SMILES string of the molecule is Cc1nc(N(C)Cc2cn[nH]c2-c2ccc(F)cc2)c2nc(C)oc2n1. The second-order valence-corrected chi connectivity index (χ2v) is 6.11. The van der Waals surface area contributed by atoms with Crippen LogP contribution in [0.5, 0.6) is 0 Å². The standard InChI is InChI=1S/C18H17FN6O/c1-10-21-17(16-18(22-10)26-11(2)23-16)25(3)9-13-8-20-24-15(13)12-4-6-14(19)7-5-12/h4-8H,9H2,1-3H3,(H,20,24). The Morgan fingerprint density at radius 2 is 1.88 bits per heavy atom. The maximum absolute atomic E-state index is 13.2. The highest BCUT2D eigenvalue weighted by molar-refractivity contribution is 5.82. The number of anilines is 1. The summed E-state index contributed by atoms with van der Waals surface area (Å²) in [5.41, 5.74) is 3.78. The molecule has 0 spiro atoms. The summed E-state index contributed by atoms with van der Waals surface area (Å²) in [7, 11) is 1.92. The molecular weight excluding hydrogens is 335 g/mol. The first kappa shape index (κ1) is 16.2. The van der Waals surface area contributed by atoms with Gasteiger partial charge in [-0.25, -0.2) is 14.4 Å². The normalized spacial score (nSPS) is 11.2. The van der Waals surface area contributed by atoms with Gasteiger partial charge in [0.05, 0.1) is 11.9 Å². The van der Waals surface area contributed by atoms with Crippen LogP contribution in [0.2, 0.25) is 0 Å². The van der Waals surface area contributed by atoms with Crippen molar-refractivity contribution in [1.82, 2.24) is 25.1 Å². The highest BCUT2D eigenvalue weighted by atomic mass is 19.1. The zero-order valence-corrected chi connectivity index (χ0v) is 14.6. The summed E-state index contributed by atoms with van der Waals surface area (Å²) in [5.74, 6) is 1.58. The lowest BCUT2D eigenvalue weighted by molar-refractivity contribution is 0.550. The minimum Gasteiger partial charge on any atom is -0.422 e. The molecule has 0 atom stereocenters. The van der Waals surface area contributed by atoms with Gasteiger partial charge in [-0.15, -0.1) is 0 Å². The number of hydrogen-bond donors (Lipinski definition) is 1. The number of nitrogens with one attached hydrogen (secondary N) is 1. The lowest BCUT2D eigenvalue weighted by Crippen LogP contribution is -2.19. The molecule has 0 saturated carbocycles. The van der Waals surface area contributed by atoms with E-state index in [2.05, 4.69) is 25.1 Å². The number of aryl methyl sites for hydroxylation is 2. The van der Waals surface area contributed by atoms with Crippen LogP contribution < -0.4 is 4.90 Å². The summed E-state index contributed by atoms with van der Waals surface area (Å²) in [6.45, 7) is 4.14. The molecular formula is C18H17FN6O. The maximum atomic E-state index is 13.2. The van der Waals surface area contributed by atoms with E-state index in [1.807, 2.05) is 18.9 Å². The van der Waals surface area contributed by atoms with E-state index in [9.17, 15) is 4.39 Å². The minimum atomic E-state index is -0.271. The molecule has 3 aromatic heterocycles. The molecule has 1 aromatic carbocycles. The first-order valence-electron chi connectivity index (χ1n) is 8.12. The molecule has 0 bridgehead atoms. The van der Waals surface area contributed by atoms with Gasteiger partial charge in [0.25, 0.3) is 5.71 Å². The van der Waals surface area contributed by atoms with Gasteiger partial charge in [0.15, 0.2) is 17.2 Å². The molecule has 3 heterocycles. The number of benzene rings is 1. The van der Waals surface area contributed by atoms with Crippen LogP contribution in [-0.4, -0.2) is 32.2 Å². The molecule has 132 valence electrons. The van der Waals surface area contributed by atoms with Gasteiger partial charge >= 0.3 is 0 Å². The summed E-state index contributed by atoms with van der Waals surface area (Å²) >= 11 is 0. The van der Waals surface area contributed by atoms with Crippen LogP contribution in [0, 0.1) is 19.7 Å². The molecule has 0 unspecified atom stereocenters. The number of oxazole rings is 1. The number of H-pyrrole nitrogens is 1. The molecule has 8 heteroatoms. The molecule has 1 N–H and O–H groups in total. The summed E-state index contributed by atoms with van der Waals surface area (Å²) < 4.78 is 18.7. The van der Waals surface area contributed by atoms with Crippen molar-refractivity contribution in [2.24, 2.45) is 0 Å². The predicted octanol–water partition coefficient (Wildman–Crippen LogP) is 3.40. The molecule has 0 aliphatic rings. The van der Waals surface area contributed by atoms with Crippen molar-refractivity contribution in [1.29, 1.82) is 0 Å². The third-order valence-electron chi connectivity index (χ3n) is 4.08. The second-order valence-electron chi connectivity index (χ2n) is 6.11. The van der Waals surface area contributed by atoms with Crippen LogP contribution in [0.4, 0.5) is 10.2 Å². The Kier molecular flexibility index (Phi) is 3.87. The maximum Gasteiger partial charge on any atom is 0.252 e. The van der Waals surface area contributed by atoms with Gasteiger partial charge in [-0.05, 0) is 31.2 Å². The molecule has 7 nitrogen and oxygen atoms in total. The van der Waals surface area contributed by atoms with Gasteiger partial charge in [-0.3, -0.25) is 5.10 Å².